The molecule has 1 aliphatic rings. The smallest absolute Gasteiger partial charge is 0.325 e. The number of aromatic amines is 1. The number of nitrogens with one attached hydrogen (secondary N) is 12. The van der Waals surface area contributed by atoms with E-state index in [0.717, 1.165) is 6.92 Å². The summed E-state index contributed by atoms with van der Waals surface area (Å²) in [5, 5.41) is 55.9. The summed E-state index contributed by atoms with van der Waals surface area (Å²) in [5.41, 5.74) is 35.1. The number of carbonyl (C=O) groups is 16. The lowest BCUT2D eigenvalue weighted by molar-refractivity contribution is -0.142. The first-order valence-corrected chi connectivity index (χ1v) is 36.0. The first-order chi connectivity index (χ1) is 51.3. The summed E-state index contributed by atoms with van der Waals surface area (Å²) < 4.78 is 0. The highest BCUT2D eigenvalue weighted by molar-refractivity contribution is 7.98. The normalized spacial score (nSPS) is 15.4. The number of rotatable bonds is 49. The molecule has 41 heteroatoms. The molecule has 1 saturated heterocycles. The molecule has 2 aromatic carbocycles. The van der Waals surface area contributed by atoms with E-state index < -0.39 is 206 Å². The maximum Gasteiger partial charge on any atom is 0.325 e. The van der Waals surface area contributed by atoms with Crippen LogP contribution in [0.4, 0.5) is 0 Å². The van der Waals surface area contributed by atoms with Gasteiger partial charge in [-0.05, 0) is 88.0 Å². The van der Waals surface area contributed by atoms with Crippen LogP contribution in [0, 0.1) is 0 Å². The standard InChI is InChI=1S/C67H99N21O19S/c1-36(66(106)107)78-59(99)46(29-39-32-74-35-77-39)84-62(102)47(30-51(70)90)85-57(97)42(20-21-54(93)94)79-53(92)33-76-55(95)44(27-37-13-5-3-6-14-37)82-56(96)41(18-11-24-75-67(72)73)80-60(100)45(28-38-15-7-4-8-16-38)83-61(101)48(31-52(71)91)86-63(103)49(34-89)87-58(98)43(22-26-108-2)81-64(104)50-19-12-25-88(50)65(105)40(69)17-9-10-23-68/h3-8,13-16,32,35-36,40-50,89H,9-12,17-31,33-34,68-69H2,1-2H3,(H2,70,90)(H2,71,91)(H,74,77)(H,76,95)(H,78,99)(H,79,92)(H,80,100)(H,81,104)(H,82,96)(H,83,101)(H,84,102)(H,85,97)(H,86,103)(H,87,98)(H,93,94)(H,106,107)(H4,72,73,75)/t36-,40-,41-,42-,43-,44-,45-,46-,47-,48-,49-,50-/m0/s1. The van der Waals surface area contributed by atoms with Crippen molar-refractivity contribution in [2.45, 2.75) is 176 Å². The maximum absolute atomic E-state index is 14.8. The van der Waals surface area contributed by atoms with Crippen molar-refractivity contribution < 1.29 is 92.0 Å². The van der Waals surface area contributed by atoms with Crippen LogP contribution in [0.5, 0.6) is 0 Å². The summed E-state index contributed by atoms with van der Waals surface area (Å²) in [4.78, 5) is 228. The fraction of sp³-hybridized carbons (Fsp3) is 0.522. The zero-order valence-electron chi connectivity index (χ0n) is 59.8. The topological polar surface area (TPSA) is 667 Å². The minimum atomic E-state index is -1.91. The Morgan fingerprint density at radius 1 is 0.583 bits per heavy atom. The molecule has 0 aliphatic carbocycles. The molecule has 3 aromatic rings. The zero-order chi connectivity index (χ0) is 80.0. The van der Waals surface area contributed by atoms with Crippen LogP contribution in [0.3, 0.4) is 0 Å². The molecule has 0 saturated carbocycles. The number of aliphatic imine (C=N–C) groups is 1. The number of primary amides is 2. The van der Waals surface area contributed by atoms with Gasteiger partial charge in [-0.25, -0.2) is 4.98 Å². The molecule has 0 radical (unpaired) electrons. The van der Waals surface area contributed by atoms with Gasteiger partial charge in [0, 0.05) is 50.7 Å². The summed E-state index contributed by atoms with van der Waals surface area (Å²) in [6.07, 6.45) is 2.18. The third-order valence-electron chi connectivity index (χ3n) is 16.7. The molecule has 108 heavy (non-hydrogen) atoms. The lowest BCUT2D eigenvalue weighted by Crippen LogP contribution is -2.61. The number of thioether (sulfide) groups is 1. The highest BCUT2D eigenvalue weighted by Gasteiger charge is 2.40. The fourth-order valence-corrected chi connectivity index (χ4v) is 11.5. The number of imidazole rings is 1. The summed E-state index contributed by atoms with van der Waals surface area (Å²) in [7, 11) is 0. The maximum atomic E-state index is 14.8. The van der Waals surface area contributed by atoms with Crippen LogP contribution in [-0.2, 0) is 96.0 Å². The van der Waals surface area contributed by atoms with Crippen LogP contribution in [0.2, 0.25) is 0 Å². The summed E-state index contributed by atoms with van der Waals surface area (Å²) >= 11 is 1.33. The van der Waals surface area contributed by atoms with Crippen LogP contribution in [0.25, 0.3) is 0 Å². The van der Waals surface area contributed by atoms with E-state index in [2.05, 4.69) is 73.4 Å². The minimum Gasteiger partial charge on any atom is -0.481 e. The molecule has 12 atom stereocenters. The Morgan fingerprint density at radius 2 is 1.06 bits per heavy atom. The number of H-pyrrole nitrogens is 1. The number of carboxylic acid groups (broad SMARTS) is 2. The van der Waals surface area contributed by atoms with Crippen molar-refractivity contribution in [3.63, 3.8) is 0 Å². The van der Waals surface area contributed by atoms with Crippen molar-refractivity contribution >= 4 is 112 Å². The monoisotopic (exact) mass is 1530 g/mol. The van der Waals surface area contributed by atoms with E-state index in [1.807, 2.05) is 0 Å². The van der Waals surface area contributed by atoms with Crippen LogP contribution in [0.1, 0.15) is 101 Å². The van der Waals surface area contributed by atoms with Gasteiger partial charge in [0.05, 0.1) is 38.4 Å². The number of nitrogens with two attached hydrogens (primary N) is 6. The van der Waals surface area contributed by atoms with Gasteiger partial charge in [-0.1, -0.05) is 67.1 Å². The molecule has 1 fully saturated rings. The second kappa shape index (κ2) is 46.6. The Bertz CT molecular complexity index is 3600. The van der Waals surface area contributed by atoms with E-state index in [1.54, 1.807) is 66.9 Å². The number of likely N-dealkylation sites (tertiary alicyclic amines) is 1. The van der Waals surface area contributed by atoms with E-state index in [4.69, 9.17) is 34.4 Å². The van der Waals surface area contributed by atoms with E-state index in [-0.39, 0.29) is 69.7 Å². The number of aromatic nitrogens is 2. The molecule has 2 heterocycles. The number of aliphatic hydroxyl groups is 1. The lowest BCUT2D eigenvalue weighted by atomic mass is 10.0. The zero-order valence-corrected chi connectivity index (χ0v) is 60.6. The summed E-state index contributed by atoms with van der Waals surface area (Å²) in [6.45, 7) is -0.366. The number of hydrogen-bond acceptors (Lipinski definition) is 22. The predicted octanol–water partition coefficient (Wildman–Crippen LogP) is -7.63. The van der Waals surface area contributed by atoms with Crippen LogP contribution in [0.15, 0.2) is 78.2 Å². The Morgan fingerprint density at radius 3 is 1.56 bits per heavy atom. The second-order valence-corrected chi connectivity index (χ2v) is 26.3. The molecule has 1 aromatic heterocycles. The number of nitrogens with zero attached hydrogens (tertiary/aromatic N) is 3. The van der Waals surface area contributed by atoms with E-state index in [0.29, 0.717) is 49.1 Å². The van der Waals surface area contributed by atoms with Crippen molar-refractivity contribution in [3.05, 3.63) is 90.0 Å². The molecular weight excluding hydrogens is 1430 g/mol. The van der Waals surface area contributed by atoms with Gasteiger partial charge < -0.3 is 118 Å². The van der Waals surface area contributed by atoms with Gasteiger partial charge in [0.15, 0.2) is 5.96 Å². The first kappa shape index (κ1) is 89.1. The van der Waals surface area contributed by atoms with Gasteiger partial charge in [-0.15, -0.1) is 0 Å². The largest absolute Gasteiger partial charge is 0.481 e. The van der Waals surface area contributed by atoms with Crippen LogP contribution < -0.4 is 92.9 Å². The number of guanidine groups is 1. The number of carbonyl (C=O) groups excluding carboxylic acids is 14. The van der Waals surface area contributed by atoms with E-state index in [1.165, 1.54) is 29.2 Å². The predicted molar refractivity (Wildman–Crippen MR) is 388 cm³/mol. The van der Waals surface area contributed by atoms with Gasteiger partial charge in [0.2, 0.25) is 82.7 Å². The van der Waals surface area contributed by atoms with Gasteiger partial charge in [-0.3, -0.25) is 81.7 Å². The molecule has 0 unspecified atom stereocenters. The average molecular weight is 1530 g/mol. The molecule has 592 valence electrons. The highest BCUT2D eigenvalue weighted by atomic mass is 32.2. The average Bonchev–Trinajstić information content (AvgIpc) is 1.65. The number of aliphatic hydroxyl groups excluding tert-OH is 1. The van der Waals surface area contributed by atoms with Crippen LogP contribution >= 0.6 is 11.8 Å². The Labute approximate surface area is 625 Å². The molecule has 14 amide bonds. The summed E-state index contributed by atoms with van der Waals surface area (Å²) in [5.74, 6) is -17.4. The minimum absolute atomic E-state index is 0.0184. The lowest BCUT2D eigenvalue weighted by Gasteiger charge is -2.29. The quantitative estimate of drug-likeness (QED) is 0.0142. The van der Waals surface area contributed by atoms with E-state index >= 15 is 0 Å². The van der Waals surface area contributed by atoms with E-state index in [9.17, 15) is 92.0 Å². The number of benzene rings is 2. The van der Waals surface area contributed by atoms with Crippen molar-refractivity contribution in [3.8, 4) is 0 Å². The fourth-order valence-electron chi connectivity index (χ4n) is 11.0. The molecule has 4 rings (SSSR count). The Hall–Kier alpha value is -11.3. The molecular formula is C67H99N21O19S. The second-order valence-electron chi connectivity index (χ2n) is 25.3. The highest BCUT2D eigenvalue weighted by Crippen LogP contribution is 2.21. The van der Waals surface area contributed by atoms with Gasteiger partial charge in [0.1, 0.15) is 66.5 Å². The third kappa shape index (κ3) is 31.8. The number of hydrogen-bond donors (Lipinski definition) is 21. The first-order valence-electron chi connectivity index (χ1n) is 34.6. The molecule has 1 aliphatic heterocycles. The van der Waals surface area contributed by atoms with Gasteiger partial charge >= 0.3 is 11.9 Å². The number of unbranched alkanes of at least 4 members (excludes halogenated alkanes) is 1. The van der Waals surface area contributed by atoms with Gasteiger partial charge in [-0.2, -0.15) is 11.8 Å². The number of aliphatic carboxylic acids is 2. The number of carboxylic acids is 2. The summed E-state index contributed by atoms with van der Waals surface area (Å²) in [6, 6.07) is -2.36. The van der Waals surface area contributed by atoms with Crippen molar-refractivity contribution in [1.29, 1.82) is 0 Å². The van der Waals surface area contributed by atoms with Gasteiger partial charge in [0.25, 0.3) is 0 Å². The molecule has 0 spiro atoms. The van der Waals surface area contributed by atoms with Crippen molar-refractivity contribution in [2.75, 3.05) is 44.8 Å². The van der Waals surface area contributed by atoms with Crippen molar-refractivity contribution in [2.24, 2.45) is 39.4 Å². The Balaban J connectivity index is 1.58. The molecule has 40 nitrogen and oxygen atoms in total. The molecule has 0 bridgehead atoms. The molecule has 27 N–H and O–H groups in total. The number of amides is 14. The van der Waals surface area contributed by atoms with Crippen molar-refractivity contribution in [1.82, 2.24) is 73.4 Å². The SMILES string of the molecule is CSCC[C@H](NC(=O)[C@@H]1CCCN1C(=O)[C@@H](N)CCCCN)C(=O)N[C@@H](CO)C(=O)N[C@@H](CC(N)=O)C(=O)N[C@@H](Cc1ccccc1)C(=O)N[C@@H](CCCN=C(N)N)C(=O)N[C@@H](Cc1ccccc1)C(=O)NCC(=O)N[C@@H](CCC(=O)O)C(=O)N[C@@H](CC(N)=O)C(=O)N[C@@H](Cc1cnc[nH]1)C(=O)N[C@@H](C)C(=O)O. The van der Waals surface area contributed by atoms with Crippen LogP contribution in [-0.4, -0.2) is 248 Å². The Kier molecular flexibility index (Phi) is 38.4. The third-order valence-corrected chi connectivity index (χ3v) is 17.4.